The van der Waals surface area contributed by atoms with E-state index < -0.39 is 11.6 Å². The van der Waals surface area contributed by atoms with Gasteiger partial charge in [0, 0.05) is 29.7 Å². The lowest BCUT2D eigenvalue weighted by Gasteiger charge is -2.41. The Balaban J connectivity index is 1.52. The second-order valence-corrected chi connectivity index (χ2v) is 11.8. The van der Waals surface area contributed by atoms with Gasteiger partial charge in [0.15, 0.2) is 0 Å². The Kier molecular flexibility index (Phi) is 7.62. The number of amides is 2. The molecule has 0 spiro atoms. The van der Waals surface area contributed by atoms with E-state index in [9.17, 15) is 14.4 Å². The summed E-state index contributed by atoms with van der Waals surface area (Å²) in [7, 11) is 1.67. The number of hydrogen-bond acceptors (Lipinski definition) is 5. The minimum atomic E-state index is -0.560. The van der Waals surface area contributed by atoms with Gasteiger partial charge in [-0.25, -0.2) is 4.79 Å². The molecule has 3 aromatic rings. The molecule has 2 aliphatic heterocycles. The fourth-order valence-corrected chi connectivity index (χ4v) is 5.91. The SMILES string of the molecule is CCCN1CC(=O)N2Cc3c(c4cc(OC)ccc4n3Cc3ccc(C(=O)OC(C)(C)C)cc3)CCCC2C1=O. The standard InChI is InChI=1S/C32H39N3O5/c1-6-16-33-20-29(36)35-19-28-24(8-7-9-27(35)30(33)37)25-17-23(39-5)14-15-26(25)34(28)18-21-10-12-22(13-11-21)31(38)40-32(2,3)4/h10-15,17,27H,6-9,16,18-20H2,1-5H3. The van der Waals surface area contributed by atoms with Crippen LogP contribution < -0.4 is 4.74 Å². The number of aryl methyl sites for hydroxylation is 1. The van der Waals surface area contributed by atoms with E-state index in [2.05, 4.69) is 16.7 Å². The zero-order valence-electron chi connectivity index (χ0n) is 24.2. The topological polar surface area (TPSA) is 81.1 Å². The number of rotatable bonds is 6. The van der Waals surface area contributed by atoms with E-state index in [4.69, 9.17) is 9.47 Å². The van der Waals surface area contributed by atoms with Crippen molar-refractivity contribution < 1.29 is 23.9 Å². The number of hydrogen-bond donors (Lipinski definition) is 0. The van der Waals surface area contributed by atoms with Crippen LogP contribution in [0, 0.1) is 0 Å². The summed E-state index contributed by atoms with van der Waals surface area (Å²) >= 11 is 0. The molecule has 212 valence electrons. The van der Waals surface area contributed by atoms with E-state index in [0.717, 1.165) is 47.2 Å². The first-order valence-electron chi connectivity index (χ1n) is 14.2. The lowest BCUT2D eigenvalue weighted by molar-refractivity contribution is -0.157. The number of esters is 1. The molecule has 8 nitrogen and oxygen atoms in total. The van der Waals surface area contributed by atoms with Gasteiger partial charge in [0.05, 0.1) is 25.8 Å². The minimum absolute atomic E-state index is 0.00185. The predicted octanol–water partition coefficient (Wildman–Crippen LogP) is 4.94. The Bertz CT molecular complexity index is 1430. The summed E-state index contributed by atoms with van der Waals surface area (Å²) in [5.74, 6) is 0.501. The predicted molar refractivity (Wildman–Crippen MR) is 153 cm³/mol. The lowest BCUT2D eigenvalue weighted by atomic mass is 9.95. The van der Waals surface area contributed by atoms with Crippen molar-refractivity contribution in [1.82, 2.24) is 14.4 Å². The highest BCUT2D eigenvalue weighted by atomic mass is 16.6. The Morgan fingerprint density at radius 3 is 2.48 bits per heavy atom. The maximum atomic E-state index is 13.4. The van der Waals surface area contributed by atoms with Crippen molar-refractivity contribution in [3.8, 4) is 5.75 Å². The highest BCUT2D eigenvalue weighted by molar-refractivity contribution is 5.95. The van der Waals surface area contributed by atoms with Gasteiger partial charge in [-0.1, -0.05) is 19.1 Å². The molecule has 2 amide bonds. The number of nitrogens with zero attached hydrogens (tertiary/aromatic N) is 3. The number of methoxy groups -OCH3 is 1. The van der Waals surface area contributed by atoms with E-state index in [1.165, 1.54) is 5.56 Å². The Hall–Kier alpha value is -3.81. The van der Waals surface area contributed by atoms with Crippen molar-refractivity contribution in [2.24, 2.45) is 0 Å². The third-order valence-corrected chi connectivity index (χ3v) is 7.76. The van der Waals surface area contributed by atoms with Gasteiger partial charge in [-0.15, -0.1) is 0 Å². The Morgan fingerprint density at radius 2 is 1.80 bits per heavy atom. The molecule has 0 bridgehead atoms. The fourth-order valence-electron chi connectivity index (χ4n) is 5.91. The molecule has 2 aromatic carbocycles. The van der Waals surface area contributed by atoms with Crippen molar-refractivity contribution in [2.45, 2.75) is 78.1 Å². The molecule has 0 radical (unpaired) electrons. The van der Waals surface area contributed by atoms with Gasteiger partial charge in [-0.2, -0.15) is 0 Å². The molecule has 1 fully saturated rings. The van der Waals surface area contributed by atoms with Gasteiger partial charge in [-0.3, -0.25) is 9.59 Å². The molecule has 2 aliphatic rings. The molecule has 1 aromatic heterocycles. The number of carbonyl (C=O) groups is 3. The summed E-state index contributed by atoms with van der Waals surface area (Å²) in [4.78, 5) is 42.8. The average Bonchev–Trinajstić information content (AvgIpc) is 3.16. The van der Waals surface area contributed by atoms with Crippen LogP contribution in [0.1, 0.15) is 74.1 Å². The molecule has 0 aliphatic carbocycles. The Labute approximate surface area is 235 Å². The van der Waals surface area contributed by atoms with Gasteiger partial charge < -0.3 is 23.8 Å². The third kappa shape index (κ3) is 5.44. The zero-order valence-corrected chi connectivity index (χ0v) is 24.2. The summed E-state index contributed by atoms with van der Waals surface area (Å²) < 4.78 is 13.3. The number of benzene rings is 2. The molecule has 1 saturated heterocycles. The fraction of sp³-hybridized carbons (Fsp3) is 0.469. The van der Waals surface area contributed by atoms with Gasteiger partial charge >= 0.3 is 5.97 Å². The molecule has 1 atom stereocenters. The van der Waals surface area contributed by atoms with E-state index in [-0.39, 0.29) is 24.3 Å². The first-order chi connectivity index (χ1) is 19.1. The first kappa shape index (κ1) is 27.7. The van der Waals surface area contributed by atoms with Crippen LogP contribution in [0.25, 0.3) is 10.9 Å². The van der Waals surface area contributed by atoms with E-state index in [1.807, 2.05) is 45.9 Å². The van der Waals surface area contributed by atoms with Crippen LogP contribution in [-0.2, 0) is 33.8 Å². The summed E-state index contributed by atoms with van der Waals surface area (Å²) in [6.07, 6.45) is 3.13. The highest BCUT2D eigenvalue weighted by Crippen LogP contribution is 2.35. The number of aromatic nitrogens is 1. The van der Waals surface area contributed by atoms with Crippen LogP contribution >= 0.6 is 0 Å². The molecule has 1 unspecified atom stereocenters. The van der Waals surface area contributed by atoms with Crippen LogP contribution in [0.3, 0.4) is 0 Å². The molecular formula is C32H39N3O5. The quantitative estimate of drug-likeness (QED) is 0.410. The van der Waals surface area contributed by atoms with Crippen molar-refractivity contribution in [3.05, 3.63) is 64.8 Å². The van der Waals surface area contributed by atoms with Crippen LogP contribution in [0.4, 0.5) is 0 Å². The van der Waals surface area contributed by atoms with Gasteiger partial charge in [-0.05, 0) is 87.9 Å². The van der Waals surface area contributed by atoms with Crippen LogP contribution in [-0.4, -0.2) is 64.0 Å². The van der Waals surface area contributed by atoms with Crippen LogP contribution in [0.5, 0.6) is 5.75 Å². The second-order valence-electron chi connectivity index (χ2n) is 11.8. The number of piperazine rings is 1. The van der Waals surface area contributed by atoms with Gasteiger partial charge in [0.1, 0.15) is 17.4 Å². The molecule has 5 rings (SSSR count). The molecule has 40 heavy (non-hydrogen) atoms. The van der Waals surface area contributed by atoms with Crippen molar-refractivity contribution in [3.63, 3.8) is 0 Å². The molecule has 3 heterocycles. The van der Waals surface area contributed by atoms with E-state index in [0.29, 0.717) is 31.6 Å². The molecule has 0 saturated carbocycles. The van der Waals surface area contributed by atoms with E-state index >= 15 is 0 Å². The summed E-state index contributed by atoms with van der Waals surface area (Å²) in [5, 5.41) is 1.11. The van der Waals surface area contributed by atoms with Crippen LogP contribution in [0.15, 0.2) is 42.5 Å². The number of fused-ring (bicyclic) bond motifs is 4. The van der Waals surface area contributed by atoms with Crippen LogP contribution in [0.2, 0.25) is 0 Å². The Morgan fingerprint density at radius 1 is 1.05 bits per heavy atom. The average molecular weight is 546 g/mol. The normalized spacial score (nSPS) is 17.8. The van der Waals surface area contributed by atoms with Gasteiger partial charge in [0.2, 0.25) is 11.8 Å². The zero-order chi connectivity index (χ0) is 28.6. The van der Waals surface area contributed by atoms with Crippen molar-refractivity contribution >= 4 is 28.7 Å². The third-order valence-electron chi connectivity index (χ3n) is 7.76. The smallest absolute Gasteiger partial charge is 0.338 e. The highest BCUT2D eigenvalue weighted by Gasteiger charge is 2.40. The summed E-state index contributed by atoms with van der Waals surface area (Å²) in [6, 6.07) is 13.2. The number of carbonyl (C=O) groups excluding carboxylic acids is 3. The van der Waals surface area contributed by atoms with Gasteiger partial charge in [0.25, 0.3) is 0 Å². The molecule has 8 heteroatoms. The second kappa shape index (κ2) is 11.0. The monoisotopic (exact) mass is 545 g/mol. The summed E-state index contributed by atoms with van der Waals surface area (Å²) in [6.45, 7) is 9.29. The number of ether oxygens (including phenoxy) is 2. The lowest BCUT2D eigenvalue weighted by Crippen LogP contribution is -2.60. The molecule has 0 N–H and O–H groups in total. The maximum Gasteiger partial charge on any atom is 0.338 e. The van der Waals surface area contributed by atoms with E-state index in [1.54, 1.807) is 29.0 Å². The van der Waals surface area contributed by atoms with Crippen molar-refractivity contribution in [2.75, 3.05) is 20.2 Å². The largest absolute Gasteiger partial charge is 0.497 e. The molecular weight excluding hydrogens is 506 g/mol. The maximum absolute atomic E-state index is 13.4. The first-order valence-corrected chi connectivity index (χ1v) is 14.2. The van der Waals surface area contributed by atoms with Crippen molar-refractivity contribution in [1.29, 1.82) is 0 Å². The summed E-state index contributed by atoms with van der Waals surface area (Å²) in [5.41, 5.74) is 4.28. The minimum Gasteiger partial charge on any atom is -0.497 e.